The summed E-state index contributed by atoms with van der Waals surface area (Å²) < 4.78 is 10.5. The Morgan fingerprint density at radius 2 is 1.50 bits per heavy atom. The average molecular weight is 281 g/mol. The van der Waals surface area contributed by atoms with Gasteiger partial charge < -0.3 is 24.5 Å². The number of ether oxygens (including phenoxy) is 2. The molecular weight excluding hydrogens is 264 g/mol. The molecule has 1 aromatic carbocycles. The molecule has 6 heteroatoms. The number of hydrogen-bond acceptors (Lipinski definition) is 5. The summed E-state index contributed by atoms with van der Waals surface area (Å²) in [5.41, 5.74) is -0.343. The molecule has 1 rings (SSSR count). The normalized spacial score (nSPS) is 10.1. The predicted molar refractivity (Wildman–Crippen MR) is 69.3 cm³/mol. The van der Waals surface area contributed by atoms with E-state index < -0.39 is 11.9 Å². The molecule has 0 atom stereocenters. The number of carboxylic acid groups (broad SMARTS) is 2. The van der Waals surface area contributed by atoms with Gasteiger partial charge in [-0.3, -0.25) is 0 Å². The van der Waals surface area contributed by atoms with Crippen molar-refractivity contribution >= 4 is 11.9 Å². The number of carbonyl (C=O) groups is 2. The van der Waals surface area contributed by atoms with Crippen molar-refractivity contribution in [3.05, 3.63) is 23.3 Å². The molecule has 0 bridgehead atoms. The van der Waals surface area contributed by atoms with Crippen molar-refractivity contribution in [3.63, 3.8) is 0 Å². The first-order chi connectivity index (χ1) is 9.51. The number of aromatic carboxylic acids is 2. The van der Waals surface area contributed by atoms with Crippen molar-refractivity contribution in [1.82, 2.24) is 0 Å². The molecular formula is C14H17O6-. The van der Waals surface area contributed by atoms with Gasteiger partial charge in [0.1, 0.15) is 17.1 Å². The van der Waals surface area contributed by atoms with E-state index in [2.05, 4.69) is 0 Å². The molecule has 0 radical (unpaired) electrons. The molecule has 1 aromatic rings. The molecule has 0 amide bonds. The van der Waals surface area contributed by atoms with Gasteiger partial charge in [-0.2, -0.15) is 0 Å². The Balaban J connectivity index is 3.27. The summed E-state index contributed by atoms with van der Waals surface area (Å²) in [4.78, 5) is 22.3. The first-order valence-corrected chi connectivity index (χ1v) is 6.39. The van der Waals surface area contributed by atoms with Crippen LogP contribution in [0.15, 0.2) is 12.1 Å². The highest BCUT2D eigenvalue weighted by atomic mass is 16.5. The van der Waals surface area contributed by atoms with E-state index >= 15 is 0 Å². The van der Waals surface area contributed by atoms with Crippen molar-refractivity contribution in [2.75, 3.05) is 13.2 Å². The van der Waals surface area contributed by atoms with Gasteiger partial charge in [0.05, 0.1) is 19.2 Å². The average Bonchev–Trinajstić information content (AvgIpc) is 2.42. The second kappa shape index (κ2) is 7.37. The van der Waals surface area contributed by atoms with Gasteiger partial charge >= 0.3 is 5.97 Å². The smallest absolute Gasteiger partial charge is 0.339 e. The molecule has 1 N–H and O–H groups in total. The third-order valence-electron chi connectivity index (χ3n) is 2.46. The van der Waals surface area contributed by atoms with Crippen LogP contribution in [0.4, 0.5) is 0 Å². The molecule has 6 nitrogen and oxygen atoms in total. The maximum absolute atomic E-state index is 11.2. The first-order valence-electron chi connectivity index (χ1n) is 6.39. The van der Waals surface area contributed by atoms with Gasteiger partial charge in [-0.05, 0) is 25.0 Å². The van der Waals surface area contributed by atoms with E-state index in [1.807, 2.05) is 13.8 Å². The highest BCUT2D eigenvalue weighted by Gasteiger charge is 2.17. The molecule has 0 heterocycles. The summed E-state index contributed by atoms with van der Waals surface area (Å²) in [6.07, 6.45) is 1.34. The van der Waals surface area contributed by atoms with Gasteiger partial charge in [-0.15, -0.1) is 0 Å². The Labute approximate surface area is 116 Å². The third kappa shape index (κ3) is 3.88. The van der Waals surface area contributed by atoms with Gasteiger partial charge in [-0.25, -0.2) is 4.79 Å². The summed E-state index contributed by atoms with van der Waals surface area (Å²) in [5, 5.41) is 20.2. The molecule has 0 saturated carbocycles. The fourth-order valence-corrected chi connectivity index (χ4v) is 1.55. The zero-order valence-corrected chi connectivity index (χ0v) is 11.5. The molecule has 0 spiro atoms. The molecule has 0 aliphatic heterocycles. The maximum atomic E-state index is 11.2. The number of rotatable bonds is 8. The summed E-state index contributed by atoms with van der Waals surface area (Å²) in [6.45, 7) is 4.30. The monoisotopic (exact) mass is 281 g/mol. The van der Waals surface area contributed by atoms with E-state index in [0.29, 0.717) is 19.4 Å². The van der Waals surface area contributed by atoms with Crippen LogP contribution < -0.4 is 14.6 Å². The van der Waals surface area contributed by atoms with Crippen LogP contribution in [-0.2, 0) is 0 Å². The van der Waals surface area contributed by atoms with Crippen molar-refractivity contribution in [2.45, 2.75) is 26.7 Å². The van der Waals surface area contributed by atoms with E-state index in [9.17, 15) is 14.7 Å². The van der Waals surface area contributed by atoms with E-state index in [1.165, 1.54) is 0 Å². The summed E-state index contributed by atoms with van der Waals surface area (Å²) in [7, 11) is 0. The predicted octanol–water partition coefficient (Wildman–Crippen LogP) is 1.33. The lowest BCUT2D eigenvalue weighted by Gasteiger charge is -2.16. The number of carbonyl (C=O) groups excluding carboxylic acids is 1. The molecule has 0 saturated heterocycles. The highest BCUT2D eigenvalue weighted by Crippen LogP contribution is 2.29. The Morgan fingerprint density at radius 3 is 1.90 bits per heavy atom. The van der Waals surface area contributed by atoms with Gasteiger partial charge in [0, 0.05) is 5.56 Å². The van der Waals surface area contributed by atoms with Gasteiger partial charge in [0.2, 0.25) is 0 Å². The van der Waals surface area contributed by atoms with E-state index in [4.69, 9.17) is 14.6 Å². The quantitative estimate of drug-likeness (QED) is 0.772. The number of benzene rings is 1. The molecule has 0 aliphatic rings. The summed E-state index contributed by atoms with van der Waals surface area (Å²) >= 11 is 0. The first kappa shape index (κ1) is 15.8. The fraction of sp³-hybridized carbons (Fsp3) is 0.429. The van der Waals surface area contributed by atoms with Crippen LogP contribution in [0, 0.1) is 0 Å². The van der Waals surface area contributed by atoms with Crippen molar-refractivity contribution in [1.29, 1.82) is 0 Å². The molecule has 0 aromatic heterocycles. The Morgan fingerprint density at radius 1 is 1.05 bits per heavy atom. The van der Waals surface area contributed by atoms with Crippen LogP contribution in [0.25, 0.3) is 0 Å². The lowest BCUT2D eigenvalue weighted by atomic mass is 10.1. The van der Waals surface area contributed by atoms with Gasteiger partial charge in [-0.1, -0.05) is 13.8 Å². The molecule has 0 unspecified atom stereocenters. The third-order valence-corrected chi connectivity index (χ3v) is 2.46. The van der Waals surface area contributed by atoms with E-state index in [1.54, 1.807) is 0 Å². The standard InChI is InChI=1S/C14H18O6/c1-3-5-19-11-7-10(14(17)18)12(20-6-4-2)8-9(11)13(15)16/h7-8H,3-6H2,1-2H3,(H,15,16)(H,17,18)/p-1. The minimum atomic E-state index is -1.44. The zero-order valence-electron chi connectivity index (χ0n) is 11.5. The Bertz CT molecular complexity index is 449. The van der Waals surface area contributed by atoms with Crippen LogP contribution in [0.2, 0.25) is 0 Å². The molecule has 110 valence electrons. The van der Waals surface area contributed by atoms with Crippen LogP contribution >= 0.6 is 0 Å². The van der Waals surface area contributed by atoms with Crippen molar-refractivity contribution < 1.29 is 29.3 Å². The minimum absolute atomic E-state index is 0.00222. The topological polar surface area (TPSA) is 95.9 Å². The number of hydrogen-bond donors (Lipinski definition) is 1. The van der Waals surface area contributed by atoms with Crippen molar-refractivity contribution in [2.24, 2.45) is 0 Å². The lowest BCUT2D eigenvalue weighted by Crippen LogP contribution is -2.24. The molecule has 0 aliphatic carbocycles. The molecule has 0 fully saturated rings. The second-order valence-corrected chi connectivity index (χ2v) is 4.13. The van der Waals surface area contributed by atoms with Gasteiger partial charge in [0.25, 0.3) is 0 Å². The van der Waals surface area contributed by atoms with E-state index in [0.717, 1.165) is 12.1 Å². The summed E-state index contributed by atoms with van der Waals surface area (Å²) in [5.74, 6) is -2.66. The van der Waals surface area contributed by atoms with E-state index in [-0.39, 0.29) is 29.2 Å². The largest absolute Gasteiger partial charge is 0.545 e. The lowest BCUT2D eigenvalue weighted by molar-refractivity contribution is -0.255. The number of carboxylic acids is 2. The molecule has 20 heavy (non-hydrogen) atoms. The zero-order chi connectivity index (χ0) is 15.1. The summed E-state index contributed by atoms with van der Waals surface area (Å²) in [6, 6.07) is 2.30. The van der Waals surface area contributed by atoms with Gasteiger partial charge in [0.15, 0.2) is 0 Å². The highest BCUT2D eigenvalue weighted by molar-refractivity contribution is 5.96. The maximum Gasteiger partial charge on any atom is 0.339 e. The SMILES string of the molecule is CCCOc1cc(C(=O)O)c(OCCC)cc1C(=O)[O-]. The second-order valence-electron chi connectivity index (χ2n) is 4.13. The van der Waals surface area contributed by atoms with Crippen molar-refractivity contribution in [3.8, 4) is 11.5 Å². The Kier molecular flexibility index (Phi) is 5.83. The van der Waals surface area contributed by atoms with Crippen LogP contribution in [0.5, 0.6) is 11.5 Å². The van der Waals surface area contributed by atoms with Crippen LogP contribution in [0.1, 0.15) is 47.4 Å². The van der Waals surface area contributed by atoms with Crippen LogP contribution in [-0.4, -0.2) is 30.3 Å². The van der Waals surface area contributed by atoms with Crippen LogP contribution in [0.3, 0.4) is 0 Å². The minimum Gasteiger partial charge on any atom is -0.545 e. The fourth-order valence-electron chi connectivity index (χ4n) is 1.55. The Hall–Kier alpha value is -2.24.